The molecule has 0 saturated carbocycles. The molecule has 0 aromatic heterocycles. The highest BCUT2D eigenvalue weighted by atomic mass is 16.6. The second-order valence-electron chi connectivity index (χ2n) is 10.1. The van der Waals surface area contributed by atoms with Gasteiger partial charge in [0.05, 0.1) is 23.7 Å². The van der Waals surface area contributed by atoms with Gasteiger partial charge in [-0.2, -0.15) is 0 Å². The van der Waals surface area contributed by atoms with Crippen molar-refractivity contribution < 1.29 is 33.8 Å². The van der Waals surface area contributed by atoms with Crippen LogP contribution in [0, 0.1) is 10.1 Å². The second kappa shape index (κ2) is 17.3. The van der Waals surface area contributed by atoms with E-state index in [4.69, 9.17) is 19.3 Å². The molecule has 3 aromatic rings. The Labute approximate surface area is 252 Å². The minimum absolute atomic E-state index is 0.130. The van der Waals surface area contributed by atoms with E-state index in [1.807, 2.05) is 19.1 Å². The summed E-state index contributed by atoms with van der Waals surface area (Å²) >= 11 is 0. The minimum atomic E-state index is -0.909. The average Bonchev–Trinajstić information content (AvgIpc) is 3.00. The van der Waals surface area contributed by atoms with Gasteiger partial charge in [0, 0.05) is 11.6 Å². The van der Waals surface area contributed by atoms with Crippen LogP contribution in [0.1, 0.15) is 75.1 Å². The van der Waals surface area contributed by atoms with Gasteiger partial charge in [-0.1, -0.05) is 63.3 Å². The summed E-state index contributed by atoms with van der Waals surface area (Å²) in [5.74, 6) is -0.399. The fourth-order valence-corrected chi connectivity index (χ4v) is 4.48. The molecule has 43 heavy (non-hydrogen) atoms. The van der Waals surface area contributed by atoms with Crippen LogP contribution < -0.4 is 14.2 Å². The number of carboxylic acid groups (broad SMARTS) is 1. The summed E-state index contributed by atoms with van der Waals surface area (Å²) in [6.45, 7) is 6.55. The zero-order valence-electron chi connectivity index (χ0n) is 24.6. The van der Waals surface area contributed by atoms with Gasteiger partial charge in [-0.25, -0.2) is 9.59 Å². The number of hydrogen-bond acceptors (Lipinski definition) is 7. The van der Waals surface area contributed by atoms with Gasteiger partial charge < -0.3 is 19.3 Å². The number of carboxylic acids is 1. The number of aliphatic carboxylic acids is 1. The lowest BCUT2D eigenvalue weighted by Crippen LogP contribution is -2.10. The molecule has 0 spiro atoms. The predicted molar refractivity (Wildman–Crippen MR) is 165 cm³/mol. The number of ether oxygens (including phenoxy) is 3. The fourth-order valence-electron chi connectivity index (χ4n) is 4.48. The third kappa shape index (κ3) is 10.9. The molecule has 0 saturated heterocycles. The Morgan fingerprint density at radius 3 is 1.95 bits per heavy atom. The first-order valence-electron chi connectivity index (χ1n) is 14.7. The molecule has 0 bridgehead atoms. The number of esters is 1. The quantitative estimate of drug-likeness (QED) is 0.0369. The van der Waals surface area contributed by atoms with Gasteiger partial charge in [-0.3, -0.25) is 10.1 Å². The van der Waals surface area contributed by atoms with Gasteiger partial charge in [0.2, 0.25) is 5.75 Å². The van der Waals surface area contributed by atoms with Crippen molar-refractivity contribution in [3.63, 3.8) is 0 Å². The number of nitrogens with zero attached hydrogens (tertiary/aromatic N) is 1. The number of carbonyl (C=O) groups excluding carboxylic acids is 1. The number of rotatable bonds is 19. The van der Waals surface area contributed by atoms with E-state index in [-0.39, 0.29) is 22.6 Å². The zero-order valence-corrected chi connectivity index (χ0v) is 24.6. The summed E-state index contributed by atoms with van der Waals surface area (Å²) in [5, 5.41) is 20.5. The van der Waals surface area contributed by atoms with Crippen LogP contribution >= 0.6 is 0 Å². The van der Waals surface area contributed by atoms with Crippen LogP contribution in [0.2, 0.25) is 0 Å². The van der Waals surface area contributed by atoms with Crippen molar-refractivity contribution in [1.82, 2.24) is 0 Å². The minimum Gasteiger partial charge on any atom is -0.494 e. The molecule has 0 aliphatic rings. The van der Waals surface area contributed by atoms with Gasteiger partial charge in [0.25, 0.3) is 0 Å². The maximum absolute atomic E-state index is 12.7. The largest absolute Gasteiger partial charge is 0.494 e. The van der Waals surface area contributed by atoms with Crippen molar-refractivity contribution >= 4 is 17.6 Å². The van der Waals surface area contributed by atoms with E-state index < -0.39 is 16.9 Å². The van der Waals surface area contributed by atoms with Crippen molar-refractivity contribution in [2.24, 2.45) is 0 Å². The van der Waals surface area contributed by atoms with Gasteiger partial charge in [-0.05, 0) is 79.8 Å². The van der Waals surface area contributed by atoms with Gasteiger partial charge in [-0.15, -0.1) is 0 Å². The topological polar surface area (TPSA) is 125 Å². The Hall–Kier alpha value is -4.66. The number of nitro groups is 1. The fraction of sp³-hybridized carbons (Fsp3) is 0.353. The molecule has 0 fully saturated rings. The Morgan fingerprint density at radius 1 is 0.791 bits per heavy atom. The molecule has 0 heterocycles. The SMILES string of the molecule is C=C(CCCCCCCCCCOc1ccc(C(=O)Oc2ccc(-c3ccc(OCC)cc3)cc2[N+](=O)[O-])cc1)C(=O)O. The van der Waals surface area contributed by atoms with Gasteiger partial charge in [0.15, 0.2) is 0 Å². The van der Waals surface area contributed by atoms with Crippen molar-refractivity contribution in [2.75, 3.05) is 13.2 Å². The molecule has 9 nitrogen and oxygen atoms in total. The predicted octanol–water partition coefficient (Wildman–Crippen LogP) is 8.41. The molecule has 0 atom stereocenters. The van der Waals surface area contributed by atoms with Crippen molar-refractivity contribution in [3.05, 3.63) is 94.6 Å². The molecule has 3 aromatic carbocycles. The molecule has 0 amide bonds. The molecule has 0 aliphatic carbocycles. The van der Waals surface area contributed by atoms with Gasteiger partial charge >= 0.3 is 17.6 Å². The van der Waals surface area contributed by atoms with Crippen LogP contribution in [0.15, 0.2) is 78.9 Å². The monoisotopic (exact) mass is 589 g/mol. The van der Waals surface area contributed by atoms with Crippen LogP contribution in [0.3, 0.4) is 0 Å². The summed E-state index contributed by atoms with van der Waals surface area (Å²) in [6, 6.07) is 18.2. The summed E-state index contributed by atoms with van der Waals surface area (Å²) in [7, 11) is 0. The molecule has 0 radical (unpaired) electrons. The maximum Gasteiger partial charge on any atom is 0.343 e. The molecular formula is C34H39NO8. The number of hydrogen-bond donors (Lipinski definition) is 1. The number of benzene rings is 3. The highest BCUT2D eigenvalue weighted by molar-refractivity contribution is 5.92. The maximum atomic E-state index is 12.7. The molecule has 9 heteroatoms. The first-order valence-corrected chi connectivity index (χ1v) is 14.7. The number of nitro benzene ring substituents is 1. The van der Waals surface area contributed by atoms with E-state index >= 15 is 0 Å². The molecule has 1 N–H and O–H groups in total. The normalized spacial score (nSPS) is 10.6. The first-order chi connectivity index (χ1) is 20.8. The third-order valence-corrected chi connectivity index (χ3v) is 6.89. The summed E-state index contributed by atoms with van der Waals surface area (Å²) in [6.07, 6.45) is 8.89. The summed E-state index contributed by atoms with van der Waals surface area (Å²) in [4.78, 5) is 34.6. The Morgan fingerprint density at radius 2 is 1.35 bits per heavy atom. The zero-order chi connectivity index (χ0) is 31.0. The highest BCUT2D eigenvalue weighted by Gasteiger charge is 2.20. The lowest BCUT2D eigenvalue weighted by atomic mass is 10.0. The van der Waals surface area contributed by atoms with E-state index in [1.54, 1.807) is 42.5 Å². The lowest BCUT2D eigenvalue weighted by molar-refractivity contribution is -0.385. The molecular weight excluding hydrogens is 550 g/mol. The van der Waals surface area contributed by atoms with E-state index in [0.717, 1.165) is 56.9 Å². The Kier molecular flexibility index (Phi) is 13.2. The number of unbranched alkanes of at least 4 members (excludes halogenated alkanes) is 7. The standard InChI is InChI=1S/C34H39NO8/c1-3-41-29-18-13-26(14-19-29)28-17-22-32(31(24-28)35(39)40)43-34(38)27-15-20-30(21-16-27)42-23-11-9-7-5-4-6-8-10-12-25(2)33(36)37/h13-22,24H,2-12,23H2,1H3,(H,36,37). The van der Waals surface area contributed by atoms with Crippen molar-refractivity contribution in [2.45, 2.75) is 64.7 Å². The Bertz CT molecular complexity index is 1370. The van der Waals surface area contributed by atoms with Crippen LogP contribution in [-0.2, 0) is 4.79 Å². The van der Waals surface area contributed by atoms with E-state index in [1.165, 1.54) is 12.1 Å². The smallest absolute Gasteiger partial charge is 0.343 e. The highest BCUT2D eigenvalue weighted by Crippen LogP contribution is 2.33. The van der Waals surface area contributed by atoms with Crippen molar-refractivity contribution in [1.29, 1.82) is 0 Å². The third-order valence-electron chi connectivity index (χ3n) is 6.89. The van der Waals surface area contributed by atoms with E-state index in [9.17, 15) is 19.7 Å². The molecule has 0 aliphatic heterocycles. The number of carbonyl (C=O) groups is 2. The average molecular weight is 590 g/mol. The van der Waals surface area contributed by atoms with Crippen LogP contribution in [0.4, 0.5) is 5.69 Å². The van der Waals surface area contributed by atoms with Crippen LogP contribution in [-0.4, -0.2) is 35.2 Å². The lowest BCUT2D eigenvalue weighted by Gasteiger charge is -2.09. The Balaban J connectivity index is 1.40. The summed E-state index contributed by atoms with van der Waals surface area (Å²) in [5.41, 5.74) is 1.62. The molecule has 228 valence electrons. The van der Waals surface area contributed by atoms with E-state index in [0.29, 0.717) is 36.7 Å². The van der Waals surface area contributed by atoms with Crippen LogP contribution in [0.25, 0.3) is 11.1 Å². The molecule has 0 unspecified atom stereocenters. The molecule has 3 rings (SSSR count). The summed E-state index contributed by atoms with van der Waals surface area (Å²) < 4.78 is 16.6. The first kappa shape index (κ1) is 32.8. The van der Waals surface area contributed by atoms with Crippen molar-refractivity contribution in [3.8, 4) is 28.4 Å². The van der Waals surface area contributed by atoms with Crippen LogP contribution in [0.5, 0.6) is 17.2 Å². The van der Waals surface area contributed by atoms with E-state index in [2.05, 4.69) is 6.58 Å². The second-order valence-corrected chi connectivity index (χ2v) is 10.1. The van der Waals surface area contributed by atoms with Gasteiger partial charge in [0.1, 0.15) is 11.5 Å².